The number of aromatic nitrogens is 1. The first kappa shape index (κ1) is 13.3. The van der Waals surface area contributed by atoms with Crippen LogP contribution in [0.3, 0.4) is 0 Å². The van der Waals surface area contributed by atoms with Crippen molar-refractivity contribution in [1.82, 2.24) is 14.8 Å². The molecule has 2 heterocycles. The second-order valence-electron chi connectivity index (χ2n) is 5.11. The monoisotopic (exact) mass is 249 g/mol. The number of piperidine rings is 1. The van der Waals surface area contributed by atoms with Crippen LogP contribution in [0.15, 0.2) is 18.3 Å². The van der Waals surface area contributed by atoms with Crippen molar-refractivity contribution in [3.63, 3.8) is 0 Å². The van der Waals surface area contributed by atoms with E-state index < -0.39 is 0 Å². The SMILES string of the molecule is CN1CCC(N(C)Cc2cccnc2NN)CC1. The van der Waals surface area contributed by atoms with Gasteiger partial charge in [-0.3, -0.25) is 4.90 Å². The van der Waals surface area contributed by atoms with E-state index in [1.165, 1.54) is 25.9 Å². The fraction of sp³-hybridized carbons (Fsp3) is 0.615. The summed E-state index contributed by atoms with van der Waals surface area (Å²) >= 11 is 0. The quantitative estimate of drug-likeness (QED) is 0.613. The topological polar surface area (TPSA) is 57.4 Å². The average Bonchev–Trinajstić information content (AvgIpc) is 2.40. The molecule has 0 unspecified atom stereocenters. The maximum absolute atomic E-state index is 5.49. The van der Waals surface area contributed by atoms with E-state index >= 15 is 0 Å². The lowest BCUT2D eigenvalue weighted by Crippen LogP contribution is -2.41. The van der Waals surface area contributed by atoms with Crippen LogP contribution in [0.5, 0.6) is 0 Å². The highest BCUT2D eigenvalue weighted by Crippen LogP contribution is 2.19. The second kappa shape index (κ2) is 6.13. The standard InChI is InChI=1S/C13H23N5/c1-17-8-5-12(6-9-17)18(2)10-11-4-3-7-15-13(11)16-14/h3-4,7,12H,5-6,8-10,14H2,1-2H3,(H,15,16). The Morgan fingerprint density at radius 2 is 2.22 bits per heavy atom. The number of hydrogen-bond donors (Lipinski definition) is 2. The average molecular weight is 249 g/mol. The first-order valence-corrected chi connectivity index (χ1v) is 6.50. The minimum absolute atomic E-state index is 0.659. The highest BCUT2D eigenvalue weighted by molar-refractivity contribution is 5.42. The molecule has 2 rings (SSSR count). The Hall–Kier alpha value is -1.17. The molecular formula is C13H23N5. The summed E-state index contributed by atoms with van der Waals surface area (Å²) in [6.45, 7) is 3.26. The molecule has 1 aromatic rings. The summed E-state index contributed by atoms with van der Waals surface area (Å²) in [7, 11) is 4.37. The van der Waals surface area contributed by atoms with Crippen molar-refractivity contribution in [2.45, 2.75) is 25.4 Å². The van der Waals surface area contributed by atoms with Gasteiger partial charge < -0.3 is 10.3 Å². The van der Waals surface area contributed by atoms with Gasteiger partial charge in [0.15, 0.2) is 0 Å². The molecule has 1 fully saturated rings. The highest BCUT2D eigenvalue weighted by atomic mass is 15.3. The van der Waals surface area contributed by atoms with Gasteiger partial charge in [-0.05, 0) is 46.1 Å². The maximum atomic E-state index is 5.49. The molecule has 0 amide bonds. The van der Waals surface area contributed by atoms with Gasteiger partial charge in [0.25, 0.3) is 0 Å². The van der Waals surface area contributed by atoms with E-state index in [2.05, 4.69) is 40.4 Å². The third kappa shape index (κ3) is 3.19. The van der Waals surface area contributed by atoms with Crippen molar-refractivity contribution in [2.75, 3.05) is 32.6 Å². The zero-order valence-corrected chi connectivity index (χ0v) is 11.3. The molecule has 0 radical (unpaired) electrons. The molecule has 0 aromatic carbocycles. The van der Waals surface area contributed by atoms with Crippen molar-refractivity contribution < 1.29 is 0 Å². The number of nitrogens with two attached hydrogens (primary N) is 1. The van der Waals surface area contributed by atoms with Gasteiger partial charge in [0.1, 0.15) is 5.82 Å². The molecule has 3 N–H and O–H groups in total. The van der Waals surface area contributed by atoms with Crippen LogP contribution < -0.4 is 11.3 Å². The van der Waals surface area contributed by atoms with Crippen molar-refractivity contribution in [1.29, 1.82) is 0 Å². The van der Waals surface area contributed by atoms with Crippen LogP contribution in [-0.2, 0) is 6.54 Å². The van der Waals surface area contributed by atoms with Crippen molar-refractivity contribution >= 4 is 5.82 Å². The van der Waals surface area contributed by atoms with Gasteiger partial charge >= 0.3 is 0 Å². The number of hydrogen-bond acceptors (Lipinski definition) is 5. The van der Waals surface area contributed by atoms with Crippen molar-refractivity contribution in [3.05, 3.63) is 23.9 Å². The molecule has 5 heteroatoms. The molecule has 100 valence electrons. The van der Waals surface area contributed by atoms with Gasteiger partial charge in [0.05, 0.1) is 0 Å². The van der Waals surface area contributed by atoms with E-state index in [1.807, 2.05) is 6.07 Å². The molecule has 1 aliphatic heterocycles. The molecule has 0 saturated carbocycles. The van der Waals surface area contributed by atoms with Crippen molar-refractivity contribution in [2.24, 2.45) is 5.84 Å². The Morgan fingerprint density at radius 3 is 2.89 bits per heavy atom. The van der Waals surface area contributed by atoms with Gasteiger partial charge in [-0.15, -0.1) is 0 Å². The fourth-order valence-corrected chi connectivity index (χ4v) is 2.53. The number of nitrogens with zero attached hydrogens (tertiary/aromatic N) is 3. The van der Waals surface area contributed by atoms with Crippen LogP contribution in [0, 0.1) is 0 Å². The van der Waals surface area contributed by atoms with Crippen LogP contribution in [0.25, 0.3) is 0 Å². The third-order valence-electron chi connectivity index (χ3n) is 3.76. The van der Waals surface area contributed by atoms with Gasteiger partial charge in [-0.25, -0.2) is 10.8 Å². The van der Waals surface area contributed by atoms with E-state index in [4.69, 9.17) is 5.84 Å². The largest absolute Gasteiger partial charge is 0.308 e. The van der Waals surface area contributed by atoms with Gasteiger partial charge in [-0.2, -0.15) is 0 Å². The summed E-state index contributed by atoms with van der Waals surface area (Å²) < 4.78 is 0. The zero-order chi connectivity index (χ0) is 13.0. The molecule has 1 saturated heterocycles. The normalized spacial score (nSPS) is 18.2. The fourth-order valence-electron chi connectivity index (χ4n) is 2.53. The minimum atomic E-state index is 0.659. The lowest BCUT2D eigenvalue weighted by atomic mass is 10.0. The van der Waals surface area contributed by atoms with Gasteiger partial charge in [0.2, 0.25) is 0 Å². The number of nitrogen functional groups attached to an aromatic ring is 1. The molecule has 1 aromatic heterocycles. The summed E-state index contributed by atoms with van der Waals surface area (Å²) in [5.41, 5.74) is 3.82. The smallest absolute Gasteiger partial charge is 0.144 e. The number of pyridine rings is 1. The summed E-state index contributed by atoms with van der Waals surface area (Å²) in [6, 6.07) is 4.69. The van der Waals surface area contributed by atoms with Crippen LogP contribution in [0.4, 0.5) is 5.82 Å². The highest BCUT2D eigenvalue weighted by Gasteiger charge is 2.21. The summed E-state index contributed by atoms with van der Waals surface area (Å²) in [4.78, 5) is 9.03. The number of hydrazine groups is 1. The van der Waals surface area contributed by atoms with E-state index in [1.54, 1.807) is 6.20 Å². The first-order valence-electron chi connectivity index (χ1n) is 6.50. The molecule has 0 spiro atoms. The lowest BCUT2D eigenvalue weighted by Gasteiger charge is -2.35. The number of rotatable bonds is 4. The predicted octanol–water partition coefficient (Wildman–Crippen LogP) is 0.893. The first-order chi connectivity index (χ1) is 8.70. The Kier molecular flexibility index (Phi) is 4.52. The second-order valence-corrected chi connectivity index (χ2v) is 5.11. The summed E-state index contributed by atoms with van der Waals surface area (Å²) in [6.07, 6.45) is 4.23. The molecule has 0 bridgehead atoms. The van der Waals surface area contributed by atoms with E-state index in [9.17, 15) is 0 Å². The van der Waals surface area contributed by atoms with Gasteiger partial charge in [0, 0.05) is 24.3 Å². The number of anilines is 1. The molecule has 1 aliphatic rings. The summed E-state index contributed by atoms with van der Waals surface area (Å²) in [5, 5.41) is 0. The molecule has 0 atom stereocenters. The molecular weight excluding hydrogens is 226 g/mol. The van der Waals surface area contributed by atoms with E-state index in [0.29, 0.717) is 6.04 Å². The lowest BCUT2D eigenvalue weighted by molar-refractivity contribution is 0.139. The van der Waals surface area contributed by atoms with Crippen LogP contribution in [0.1, 0.15) is 18.4 Å². The van der Waals surface area contributed by atoms with E-state index in [-0.39, 0.29) is 0 Å². The zero-order valence-electron chi connectivity index (χ0n) is 11.3. The van der Waals surface area contributed by atoms with Gasteiger partial charge in [-0.1, -0.05) is 6.07 Å². The van der Waals surface area contributed by atoms with Crippen LogP contribution in [0.2, 0.25) is 0 Å². The van der Waals surface area contributed by atoms with Crippen LogP contribution in [-0.4, -0.2) is 48.0 Å². The number of likely N-dealkylation sites (tertiary alicyclic amines) is 1. The Labute approximate surface area is 109 Å². The van der Waals surface area contributed by atoms with Crippen LogP contribution >= 0.6 is 0 Å². The van der Waals surface area contributed by atoms with Crippen molar-refractivity contribution in [3.8, 4) is 0 Å². The Morgan fingerprint density at radius 1 is 1.50 bits per heavy atom. The molecule has 18 heavy (non-hydrogen) atoms. The molecule has 0 aliphatic carbocycles. The molecule has 5 nitrogen and oxygen atoms in total. The predicted molar refractivity (Wildman–Crippen MR) is 74.0 cm³/mol. The summed E-state index contributed by atoms with van der Waals surface area (Å²) in [5.74, 6) is 6.26. The third-order valence-corrected chi connectivity index (χ3v) is 3.76. The Bertz CT molecular complexity index is 373. The Balaban J connectivity index is 1.96. The maximum Gasteiger partial charge on any atom is 0.144 e. The number of nitrogens with one attached hydrogen (secondary N) is 1. The van der Waals surface area contributed by atoms with E-state index in [0.717, 1.165) is 17.9 Å². The minimum Gasteiger partial charge on any atom is -0.308 e.